The molecule has 1 atom stereocenters. The van der Waals surface area contributed by atoms with Gasteiger partial charge in [0.2, 0.25) is 5.91 Å². The van der Waals surface area contributed by atoms with Gasteiger partial charge in [0.25, 0.3) is 0 Å². The highest BCUT2D eigenvalue weighted by Crippen LogP contribution is 2.15. The van der Waals surface area contributed by atoms with Gasteiger partial charge in [-0.05, 0) is 26.1 Å². The van der Waals surface area contributed by atoms with Crippen LogP contribution in [0.1, 0.15) is 6.92 Å². The maximum absolute atomic E-state index is 11.5. The van der Waals surface area contributed by atoms with Crippen LogP contribution >= 0.6 is 11.8 Å². The molecule has 0 radical (unpaired) electrons. The predicted octanol–water partition coefficient (Wildman–Crippen LogP) is 0.898. The Balaban J connectivity index is 2.20. The molecule has 1 heterocycles. The Kier molecular flexibility index (Phi) is 5.88. The number of carbonyl (C=O) groups is 1. The molecule has 0 aliphatic heterocycles. The minimum atomic E-state index is 0.0592. The third kappa shape index (κ3) is 5.14. The maximum Gasteiger partial charge on any atom is 0.230 e. The van der Waals surface area contributed by atoms with Gasteiger partial charge in [-0.15, -0.1) is 11.8 Å². The van der Waals surface area contributed by atoms with Gasteiger partial charge in [-0.25, -0.2) is 0 Å². The molecule has 0 fully saturated rings. The van der Waals surface area contributed by atoms with Gasteiger partial charge in [0.1, 0.15) is 0 Å². The fraction of sp³-hybridized carbons (Fsp3) is 0.455. The molecule has 1 unspecified atom stereocenters. The first-order chi connectivity index (χ1) is 7.72. The van der Waals surface area contributed by atoms with E-state index in [1.165, 1.54) is 11.8 Å². The van der Waals surface area contributed by atoms with Crippen molar-refractivity contribution in [2.75, 3.05) is 19.3 Å². The molecule has 16 heavy (non-hydrogen) atoms. The highest BCUT2D eigenvalue weighted by atomic mass is 32.2. The van der Waals surface area contributed by atoms with Crippen LogP contribution in [0.25, 0.3) is 0 Å². The zero-order chi connectivity index (χ0) is 11.8. The number of hydrogen-bond donors (Lipinski definition) is 2. The van der Waals surface area contributed by atoms with E-state index in [4.69, 9.17) is 0 Å². The molecule has 88 valence electrons. The summed E-state index contributed by atoms with van der Waals surface area (Å²) >= 11 is 1.52. The summed E-state index contributed by atoms with van der Waals surface area (Å²) in [6.07, 6.45) is 3.45. The average Bonchev–Trinajstić information content (AvgIpc) is 2.34. The summed E-state index contributed by atoms with van der Waals surface area (Å²) in [4.78, 5) is 16.4. The minimum Gasteiger partial charge on any atom is -0.354 e. The number of aromatic nitrogens is 1. The molecule has 4 nitrogen and oxygen atoms in total. The molecule has 0 saturated heterocycles. The lowest BCUT2D eigenvalue weighted by Crippen LogP contribution is -2.37. The summed E-state index contributed by atoms with van der Waals surface area (Å²) in [6, 6.07) is 4.09. The lowest BCUT2D eigenvalue weighted by atomic mass is 10.3. The lowest BCUT2D eigenvalue weighted by Gasteiger charge is -2.11. The van der Waals surface area contributed by atoms with E-state index in [0.29, 0.717) is 18.3 Å². The predicted molar refractivity (Wildman–Crippen MR) is 66.5 cm³/mol. The molecule has 0 aliphatic carbocycles. The van der Waals surface area contributed by atoms with E-state index in [2.05, 4.69) is 15.6 Å². The summed E-state index contributed by atoms with van der Waals surface area (Å²) in [5.41, 5.74) is 0. The van der Waals surface area contributed by atoms with Crippen molar-refractivity contribution in [3.63, 3.8) is 0 Å². The van der Waals surface area contributed by atoms with E-state index >= 15 is 0 Å². The van der Waals surface area contributed by atoms with E-state index in [-0.39, 0.29) is 5.91 Å². The van der Waals surface area contributed by atoms with E-state index in [1.807, 2.05) is 26.1 Å². The molecule has 0 bridgehead atoms. The number of likely N-dealkylation sites (N-methyl/N-ethyl adjacent to an activating group) is 1. The number of pyridine rings is 1. The average molecular weight is 239 g/mol. The highest BCUT2D eigenvalue weighted by molar-refractivity contribution is 8.00. The van der Waals surface area contributed by atoms with Crippen molar-refractivity contribution < 1.29 is 4.79 Å². The van der Waals surface area contributed by atoms with Crippen LogP contribution in [0.2, 0.25) is 0 Å². The molecule has 0 aliphatic rings. The second-order valence-electron chi connectivity index (χ2n) is 3.47. The lowest BCUT2D eigenvalue weighted by molar-refractivity contribution is -0.118. The van der Waals surface area contributed by atoms with Crippen LogP contribution in [0.4, 0.5) is 0 Å². The van der Waals surface area contributed by atoms with Crippen molar-refractivity contribution in [2.24, 2.45) is 0 Å². The molecule has 1 aromatic heterocycles. The normalized spacial score (nSPS) is 12.1. The second kappa shape index (κ2) is 7.24. The molecule has 0 saturated carbocycles. The molecule has 1 rings (SSSR count). The van der Waals surface area contributed by atoms with Gasteiger partial charge < -0.3 is 10.6 Å². The van der Waals surface area contributed by atoms with Gasteiger partial charge in [0.05, 0.1) is 5.75 Å². The number of hydrogen-bond acceptors (Lipinski definition) is 4. The van der Waals surface area contributed by atoms with Gasteiger partial charge in [-0.1, -0.05) is 0 Å². The Labute approximate surface area is 100 Å². The van der Waals surface area contributed by atoms with Gasteiger partial charge >= 0.3 is 0 Å². The van der Waals surface area contributed by atoms with E-state index in [0.717, 1.165) is 4.90 Å². The van der Waals surface area contributed by atoms with Gasteiger partial charge in [0, 0.05) is 29.9 Å². The van der Waals surface area contributed by atoms with Crippen LogP contribution < -0.4 is 10.6 Å². The summed E-state index contributed by atoms with van der Waals surface area (Å²) in [6.45, 7) is 2.68. The third-order valence-corrected chi connectivity index (χ3v) is 3.13. The van der Waals surface area contributed by atoms with E-state index in [1.54, 1.807) is 12.4 Å². The van der Waals surface area contributed by atoms with Crippen LogP contribution in [-0.4, -0.2) is 36.3 Å². The SMILES string of the molecule is CNC(C)CNC(=O)CSc1ccncc1. The molecule has 2 N–H and O–H groups in total. The topological polar surface area (TPSA) is 54.0 Å². The van der Waals surface area contributed by atoms with Gasteiger partial charge in [-0.2, -0.15) is 0 Å². The monoisotopic (exact) mass is 239 g/mol. The molecule has 1 aromatic rings. The van der Waals surface area contributed by atoms with Gasteiger partial charge in [-0.3, -0.25) is 9.78 Å². The van der Waals surface area contributed by atoms with E-state index in [9.17, 15) is 4.79 Å². The molecular formula is C11H17N3OS. The van der Waals surface area contributed by atoms with Crippen LogP contribution in [-0.2, 0) is 4.79 Å². The van der Waals surface area contributed by atoms with Crippen LogP contribution in [0, 0.1) is 0 Å². The standard InChI is InChI=1S/C11H17N3OS/c1-9(12-2)7-14-11(15)8-16-10-3-5-13-6-4-10/h3-6,9,12H,7-8H2,1-2H3,(H,14,15). The summed E-state index contributed by atoms with van der Waals surface area (Å²) in [5.74, 6) is 0.504. The van der Waals surface area contributed by atoms with Crippen molar-refractivity contribution in [2.45, 2.75) is 17.9 Å². The summed E-state index contributed by atoms with van der Waals surface area (Å²) in [7, 11) is 1.88. The largest absolute Gasteiger partial charge is 0.354 e. The Morgan fingerprint density at radius 2 is 2.19 bits per heavy atom. The van der Waals surface area contributed by atoms with Crippen molar-refractivity contribution in [3.8, 4) is 0 Å². The number of thioether (sulfide) groups is 1. The fourth-order valence-electron chi connectivity index (χ4n) is 1.00. The second-order valence-corrected chi connectivity index (χ2v) is 4.51. The number of nitrogens with zero attached hydrogens (tertiary/aromatic N) is 1. The third-order valence-electron chi connectivity index (χ3n) is 2.12. The number of rotatable bonds is 6. The van der Waals surface area contributed by atoms with Crippen molar-refractivity contribution in [1.29, 1.82) is 0 Å². The molecule has 0 spiro atoms. The van der Waals surface area contributed by atoms with E-state index < -0.39 is 0 Å². The minimum absolute atomic E-state index is 0.0592. The Bertz CT molecular complexity index is 318. The molecule has 5 heteroatoms. The number of nitrogens with one attached hydrogen (secondary N) is 2. The van der Waals surface area contributed by atoms with Crippen LogP contribution in [0.5, 0.6) is 0 Å². The maximum atomic E-state index is 11.5. The molecule has 1 amide bonds. The van der Waals surface area contributed by atoms with Crippen molar-refractivity contribution in [3.05, 3.63) is 24.5 Å². The van der Waals surface area contributed by atoms with Crippen molar-refractivity contribution in [1.82, 2.24) is 15.6 Å². The quantitative estimate of drug-likeness (QED) is 0.724. The summed E-state index contributed by atoms with van der Waals surface area (Å²) < 4.78 is 0. The van der Waals surface area contributed by atoms with Gasteiger partial charge in [0.15, 0.2) is 0 Å². The van der Waals surface area contributed by atoms with Crippen LogP contribution in [0.3, 0.4) is 0 Å². The first-order valence-corrected chi connectivity index (χ1v) is 6.17. The fourth-order valence-corrected chi connectivity index (χ4v) is 1.72. The Morgan fingerprint density at radius 1 is 1.50 bits per heavy atom. The smallest absolute Gasteiger partial charge is 0.230 e. The number of amides is 1. The summed E-state index contributed by atoms with van der Waals surface area (Å²) in [5, 5.41) is 5.93. The molecule has 0 aromatic carbocycles. The highest BCUT2D eigenvalue weighted by Gasteiger charge is 2.04. The Morgan fingerprint density at radius 3 is 2.81 bits per heavy atom. The zero-order valence-corrected chi connectivity index (χ0v) is 10.4. The van der Waals surface area contributed by atoms with Crippen molar-refractivity contribution >= 4 is 17.7 Å². The number of carbonyl (C=O) groups excluding carboxylic acids is 1. The first kappa shape index (κ1) is 13.0. The zero-order valence-electron chi connectivity index (χ0n) is 9.56. The molecular weight excluding hydrogens is 222 g/mol. The first-order valence-electron chi connectivity index (χ1n) is 5.19. The Hall–Kier alpha value is -1.07. The van der Waals surface area contributed by atoms with Crippen LogP contribution in [0.15, 0.2) is 29.4 Å².